The predicted octanol–water partition coefficient (Wildman–Crippen LogP) is 1.97. The molecule has 0 aliphatic carbocycles. The van der Waals surface area contributed by atoms with Gasteiger partial charge in [0, 0.05) is 0 Å². The van der Waals surface area contributed by atoms with Crippen molar-refractivity contribution in [1.29, 1.82) is 0 Å². The first-order valence-electron chi connectivity index (χ1n) is 2.62. The van der Waals surface area contributed by atoms with Gasteiger partial charge >= 0.3 is 17.1 Å². The van der Waals surface area contributed by atoms with Crippen LogP contribution in [0.2, 0.25) is 0 Å². The standard InChI is InChI=1S/2C4H5.Cu/c2*1-3-4-2;/h2*3H2,1H3;/q2*-1;+2. The molecule has 1 radical (unpaired) electrons. The predicted molar refractivity (Wildman–Crippen MR) is 34.8 cm³/mol. The Kier molecular flexibility index (Phi) is 44.8. The number of rotatable bonds is 0. The minimum absolute atomic E-state index is 0. The molecular weight excluding hydrogens is 160 g/mol. The van der Waals surface area contributed by atoms with E-state index in [1.54, 1.807) is 0 Å². The third kappa shape index (κ3) is 90.4. The Bertz CT molecular complexity index is 78.1. The van der Waals surface area contributed by atoms with Gasteiger partial charge in [-0.1, -0.05) is 13.8 Å². The molecule has 0 saturated heterocycles. The van der Waals surface area contributed by atoms with Gasteiger partial charge < -0.3 is 24.7 Å². The third-order valence-corrected chi connectivity index (χ3v) is 0.354. The summed E-state index contributed by atoms with van der Waals surface area (Å²) >= 11 is 0. The van der Waals surface area contributed by atoms with Crippen LogP contribution in [0.1, 0.15) is 26.7 Å². The van der Waals surface area contributed by atoms with Crippen LogP contribution in [-0.2, 0) is 17.1 Å². The largest absolute Gasteiger partial charge is 2.00 e. The fourth-order valence-corrected chi connectivity index (χ4v) is 0. The van der Waals surface area contributed by atoms with Crippen molar-refractivity contribution < 1.29 is 17.1 Å². The molecule has 0 heterocycles. The van der Waals surface area contributed by atoms with Gasteiger partial charge in [-0.05, 0) is 12.8 Å². The molecule has 0 amide bonds. The molecule has 0 unspecified atom stereocenters. The minimum atomic E-state index is 0. The van der Waals surface area contributed by atoms with Crippen LogP contribution in [0.5, 0.6) is 0 Å². The van der Waals surface area contributed by atoms with Gasteiger partial charge in [-0.15, -0.1) is 0 Å². The van der Waals surface area contributed by atoms with E-state index in [0.717, 1.165) is 12.8 Å². The molecule has 9 heavy (non-hydrogen) atoms. The molecule has 0 fully saturated rings. The van der Waals surface area contributed by atoms with Crippen molar-refractivity contribution >= 4 is 0 Å². The monoisotopic (exact) mass is 169 g/mol. The first kappa shape index (κ1) is 15.9. The molecule has 0 rings (SSSR count). The molecule has 0 atom stereocenters. The van der Waals surface area contributed by atoms with Crippen molar-refractivity contribution in [2.24, 2.45) is 0 Å². The van der Waals surface area contributed by atoms with E-state index >= 15 is 0 Å². The van der Waals surface area contributed by atoms with Crippen LogP contribution >= 0.6 is 0 Å². The number of hydrogen-bond acceptors (Lipinski definition) is 0. The topological polar surface area (TPSA) is 0 Å². The average Bonchev–Trinajstić information content (AvgIpc) is 1.88. The van der Waals surface area contributed by atoms with Gasteiger partial charge in [-0.2, -0.15) is 0 Å². The van der Waals surface area contributed by atoms with Crippen LogP contribution in [0.3, 0.4) is 0 Å². The Balaban J connectivity index is -0.0000000720. The zero-order valence-electron chi connectivity index (χ0n) is 5.72. The number of hydrogen-bond donors (Lipinski definition) is 0. The molecular formula is C8H10Cu. The average molecular weight is 170 g/mol. The molecule has 53 valence electrons. The summed E-state index contributed by atoms with van der Waals surface area (Å²) in [5, 5.41) is 0. The summed E-state index contributed by atoms with van der Waals surface area (Å²) in [6.07, 6.45) is 13.9. The molecule has 0 saturated carbocycles. The smallest absolute Gasteiger partial charge is 0.694 e. The molecule has 0 aromatic rings. The minimum Gasteiger partial charge on any atom is -0.694 e. The maximum Gasteiger partial charge on any atom is 2.00 e. The molecule has 0 aromatic heterocycles. The van der Waals surface area contributed by atoms with Crippen LogP contribution in [0, 0.1) is 24.7 Å². The maximum absolute atomic E-state index is 6.20. The molecule has 0 bridgehead atoms. The Morgan fingerprint density at radius 1 is 1.00 bits per heavy atom. The van der Waals surface area contributed by atoms with E-state index in [1.807, 2.05) is 13.8 Å². The third-order valence-electron chi connectivity index (χ3n) is 0.354. The van der Waals surface area contributed by atoms with Gasteiger partial charge in [-0.25, -0.2) is 0 Å². The molecule has 0 aromatic carbocycles. The van der Waals surface area contributed by atoms with Gasteiger partial charge in [0.25, 0.3) is 0 Å². The summed E-state index contributed by atoms with van der Waals surface area (Å²) < 4.78 is 0. The summed E-state index contributed by atoms with van der Waals surface area (Å²) in [7, 11) is 0. The van der Waals surface area contributed by atoms with Gasteiger partial charge in [0.2, 0.25) is 0 Å². The van der Waals surface area contributed by atoms with E-state index in [0.29, 0.717) is 0 Å². The Hall–Kier alpha value is -0.361. The Morgan fingerprint density at radius 2 is 1.11 bits per heavy atom. The fourth-order valence-electron chi connectivity index (χ4n) is 0. The van der Waals surface area contributed by atoms with E-state index in [4.69, 9.17) is 12.8 Å². The second-order valence-corrected chi connectivity index (χ2v) is 1.06. The van der Waals surface area contributed by atoms with Gasteiger partial charge in [-0.3, -0.25) is 0 Å². The molecule has 0 aliphatic heterocycles. The fraction of sp³-hybridized carbons (Fsp3) is 0.500. The van der Waals surface area contributed by atoms with Crippen molar-refractivity contribution in [3.63, 3.8) is 0 Å². The van der Waals surface area contributed by atoms with Crippen molar-refractivity contribution in [2.45, 2.75) is 26.7 Å². The van der Waals surface area contributed by atoms with Crippen LogP contribution in [0.15, 0.2) is 0 Å². The van der Waals surface area contributed by atoms with Crippen molar-refractivity contribution in [1.82, 2.24) is 0 Å². The second-order valence-electron chi connectivity index (χ2n) is 1.06. The van der Waals surface area contributed by atoms with Gasteiger partial charge in [0.1, 0.15) is 0 Å². The van der Waals surface area contributed by atoms with E-state index in [-0.39, 0.29) is 17.1 Å². The normalized spacial score (nSPS) is 4.44. The first-order chi connectivity index (χ1) is 3.83. The second kappa shape index (κ2) is 25.4. The summed E-state index contributed by atoms with van der Waals surface area (Å²) in [6.45, 7) is 3.76. The van der Waals surface area contributed by atoms with Crippen LogP contribution in [0.25, 0.3) is 0 Å². The van der Waals surface area contributed by atoms with Crippen LogP contribution in [0.4, 0.5) is 0 Å². The SMILES string of the molecule is [C-]#CCC.[C-]#CCC.[Cu+2]. The van der Waals surface area contributed by atoms with Crippen LogP contribution < -0.4 is 0 Å². The molecule has 0 nitrogen and oxygen atoms in total. The van der Waals surface area contributed by atoms with E-state index in [2.05, 4.69) is 11.8 Å². The quantitative estimate of drug-likeness (QED) is 0.296. The summed E-state index contributed by atoms with van der Waals surface area (Å²) in [4.78, 5) is 0. The molecule has 0 spiro atoms. The van der Waals surface area contributed by atoms with Crippen molar-refractivity contribution in [2.75, 3.05) is 0 Å². The Labute approximate surface area is 68.9 Å². The maximum atomic E-state index is 6.20. The van der Waals surface area contributed by atoms with Gasteiger partial charge in [0.05, 0.1) is 0 Å². The van der Waals surface area contributed by atoms with Crippen molar-refractivity contribution in [3.8, 4) is 11.8 Å². The molecule has 1 heteroatoms. The van der Waals surface area contributed by atoms with Gasteiger partial charge in [0.15, 0.2) is 0 Å². The first-order valence-corrected chi connectivity index (χ1v) is 2.62. The zero-order chi connectivity index (χ0) is 6.83. The summed E-state index contributed by atoms with van der Waals surface area (Å²) in [5.41, 5.74) is 0. The van der Waals surface area contributed by atoms with E-state index in [9.17, 15) is 0 Å². The van der Waals surface area contributed by atoms with Crippen LogP contribution in [-0.4, -0.2) is 0 Å². The Morgan fingerprint density at radius 3 is 1.11 bits per heavy atom. The molecule has 0 aliphatic rings. The van der Waals surface area contributed by atoms with E-state index in [1.165, 1.54) is 0 Å². The molecule has 0 N–H and O–H groups in total. The zero-order valence-corrected chi connectivity index (χ0v) is 6.66. The van der Waals surface area contributed by atoms with Crippen molar-refractivity contribution in [3.05, 3.63) is 12.8 Å². The summed E-state index contributed by atoms with van der Waals surface area (Å²) in [5.74, 6) is 4.36. The summed E-state index contributed by atoms with van der Waals surface area (Å²) in [6, 6.07) is 0. The van der Waals surface area contributed by atoms with E-state index < -0.39 is 0 Å².